The third-order valence-corrected chi connectivity index (χ3v) is 3.38. The fourth-order valence-electron chi connectivity index (χ4n) is 2.16. The van der Waals surface area contributed by atoms with Crippen molar-refractivity contribution >= 4 is 16.6 Å². The first-order chi connectivity index (χ1) is 10.1. The number of rotatable bonds is 7. The summed E-state index contributed by atoms with van der Waals surface area (Å²) < 4.78 is 6.62. The molecule has 2 atom stereocenters. The number of aliphatic hydroxyl groups is 2. The van der Waals surface area contributed by atoms with Gasteiger partial charge < -0.3 is 14.9 Å². The monoisotopic (exact) mass is 295 g/mol. The number of nitro benzene ring substituents is 1. The molecular formula is C13H17N3O5. The topological polar surface area (TPSA) is 111 Å². The molecule has 0 saturated carbocycles. The third kappa shape index (κ3) is 3.35. The lowest BCUT2D eigenvalue weighted by atomic mass is 10.1. The fourth-order valence-corrected chi connectivity index (χ4v) is 2.16. The molecule has 0 aliphatic carbocycles. The summed E-state index contributed by atoms with van der Waals surface area (Å²) in [5, 5.41) is 34.5. The summed E-state index contributed by atoms with van der Waals surface area (Å²) in [5.41, 5.74) is 0.771. The Morgan fingerprint density at radius 3 is 2.90 bits per heavy atom. The highest BCUT2D eigenvalue weighted by Crippen LogP contribution is 2.21. The van der Waals surface area contributed by atoms with Gasteiger partial charge in [0.05, 0.1) is 29.3 Å². The number of non-ortho nitro benzene ring substituents is 1. The Hall–Kier alpha value is -2.03. The van der Waals surface area contributed by atoms with Crippen LogP contribution in [-0.4, -0.2) is 50.8 Å². The second kappa shape index (κ2) is 6.61. The van der Waals surface area contributed by atoms with Crippen LogP contribution < -0.4 is 0 Å². The molecule has 0 aliphatic rings. The molecule has 2 N–H and O–H groups in total. The number of hydrogen-bond donors (Lipinski definition) is 2. The Morgan fingerprint density at radius 2 is 2.29 bits per heavy atom. The number of aryl methyl sites for hydroxylation is 1. The van der Waals surface area contributed by atoms with Gasteiger partial charge in [-0.2, -0.15) is 5.10 Å². The molecule has 0 saturated heterocycles. The summed E-state index contributed by atoms with van der Waals surface area (Å²) >= 11 is 0. The summed E-state index contributed by atoms with van der Waals surface area (Å²) in [6.07, 6.45) is 0.465. The number of nitro groups is 1. The van der Waals surface area contributed by atoms with Crippen LogP contribution in [0.25, 0.3) is 10.9 Å². The van der Waals surface area contributed by atoms with Gasteiger partial charge in [-0.3, -0.25) is 14.8 Å². The minimum Gasteiger partial charge on any atom is -0.394 e. The van der Waals surface area contributed by atoms with E-state index in [2.05, 4.69) is 5.10 Å². The molecular weight excluding hydrogens is 278 g/mol. The molecule has 0 aliphatic heterocycles. The van der Waals surface area contributed by atoms with Crippen molar-refractivity contribution in [1.29, 1.82) is 0 Å². The number of fused-ring (bicyclic) bond motifs is 1. The van der Waals surface area contributed by atoms with E-state index in [1.54, 1.807) is 16.9 Å². The lowest BCUT2D eigenvalue weighted by Crippen LogP contribution is -2.32. The van der Waals surface area contributed by atoms with E-state index >= 15 is 0 Å². The van der Waals surface area contributed by atoms with Crippen LogP contribution in [0.2, 0.25) is 0 Å². The van der Waals surface area contributed by atoms with E-state index in [-0.39, 0.29) is 12.3 Å². The molecule has 0 bridgehead atoms. The summed E-state index contributed by atoms with van der Waals surface area (Å²) in [7, 11) is 1.42. The van der Waals surface area contributed by atoms with E-state index in [0.29, 0.717) is 18.4 Å². The largest absolute Gasteiger partial charge is 0.394 e. The smallest absolute Gasteiger partial charge is 0.270 e. The van der Waals surface area contributed by atoms with Crippen LogP contribution in [0.3, 0.4) is 0 Å². The molecule has 0 fully saturated rings. The molecule has 8 nitrogen and oxygen atoms in total. The van der Waals surface area contributed by atoms with E-state index in [4.69, 9.17) is 9.84 Å². The number of nitrogens with zero attached hydrogens (tertiary/aromatic N) is 3. The molecule has 114 valence electrons. The Kier molecular flexibility index (Phi) is 4.84. The molecule has 0 radical (unpaired) electrons. The standard InChI is InChI=1S/C13H17N3O5/c1-21-13(8-17)12(18)4-5-15-11-3-2-10(16(19)20)6-9(11)7-14-15/h2-3,6-7,12-13,17-18H,4-5,8H2,1H3/t12-,13?/m1/s1. The zero-order chi connectivity index (χ0) is 15.4. The third-order valence-electron chi connectivity index (χ3n) is 3.38. The van der Waals surface area contributed by atoms with E-state index < -0.39 is 17.1 Å². The minimum absolute atomic E-state index is 0.0156. The van der Waals surface area contributed by atoms with Crippen LogP contribution in [0.15, 0.2) is 24.4 Å². The molecule has 2 rings (SSSR count). The molecule has 0 spiro atoms. The fraction of sp³-hybridized carbons (Fsp3) is 0.462. The van der Waals surface area contributed by atoms with Crippen LogP contribution in [0, 0.1) is 10.1 Å². The highest BCUT2D eigenvalue weighted by molar-refractivity contribution is 5.81. The minimum atomic E-state index is -0.808. The molecule has 1 aromatic carbocycles. The zero-order valence-corrected chi connectivity index (χ0v) is 11.5. The quantitative estimate of drug-likeness (QED) is 0.574. The van der Waals surface area contributed by atoms with Crippen molar-refractivity contribution in [2.45, 2.75) is 25.2 Å². The highest BCUT2D eigenvalue weighted by Gasteiger charge is 2.18. The van der Waals surface area contributed by atoms with Gasteiger partial charge in [-0.25, -0.2) is 0 Å². The van der Waals surface area contributed by atoms with Crippen LogP contribution in [0.4, 0.5) is 5.69 Å². The van der Waals surface area contributed by atoms with Crippen molar-refractivity contribution in [2.24, 2.45) is 0 Å². The van der Waals surface area contributed by atoms with E-state index in [9.17, 15) is 15.2 Å². The average Bonchev–Trinajstić information content (AvgIpc) is 2.88. The van der Waals surface area contributed by atoms with Gasteiger partial charge >= 0.3 is 0 Å². The Labute approximate surface area is 120 Å². The van der Waals surface area contributed by atoms with Crippen molar-refractivity contribution in [3.05, 3.63) is 34.5 Å². The second-order valence-electron chi connectivity index (χ2n) is 4.68. The summed E-state index contributed by atoms with van der Waals surface area (Å²) in [6, 6.07) is 4.51. The van der Waals surface area contributed by atoms with Gasteiger partial charge in [0.25, 0.3) is 5.69 Å². The molecule has 1 unspecified atom stereocenters. The number of aromatic nitrogens is 2. The van der Waals surface area contributed by atoms with Gasteiger partial charge in [0.2, 0.25) is 0 Å². The number of aliphatic hydroxyl groups excluding tert-OH is 2. The Bertz CT molecular complexity index is 623. The zero-order valence-electron chi connectivity index (χ0n) is 11.5. The lowest BCUT2D eigenvalue weighted by molar-refractivity contribution is -0.384. The summed E-state index contributed by atoms with van der Waals surface area (Å²) in [4.78, 5) is 10.3. The summed E-state index contributed by atoms with van der Waals surface area (Å²) in [5.74, 6) is 0. The van der Waals surface area contributed by atoms with E-state index in [1.165, 1.54) is 19.2 Å². The van der Waals surface area contributed by atoms with Gasteiger partial charge in [0, 0.05) is 31.2 Å². The van der Waals surface area contributed by atoms with Gasteiger partial charge in [-0.15, -0.1) is 0 Å². The molecule has 21 heavy (non-hydrogen) atoms. The maximum absolute atomic E-state index is 10.7. The first-order valence-electron chi connectivity index (χ1n) is 6.48. The van der Waals surface area contributed by atoms with Crippen molar-refractivity contribution in [2.75, 3.05) is 13.7 Å². The maximum Gasteiger partial charge on any atom is 0.270 e. The molecule has 8 heteroatoms. The molecule has 0 amide bonds. The normalized spacial score (nSPS) is 14.2. The number of methoxy groups -OCH3 is 1. The number of benzene rings is 1. The van der Waals surface area contributed by atoms with Gasteiger partial charge in [0.1, 0.15) is 6.10 Å². The van der Waals surface area contributed by atoms with Crippen LogP contribution in [0.1, 0.15) is 6.42 Å². The van der Waals surface area contributed by atoms with Gasteiger partial charge in [0.15, 0.2) is 0 Å². The highest BCUT2D eigenvalue weighted by atomic mass is 16.6. The number of ether oxygens (including phenoxy) is 1. The predicted octanol–water partition coefficient (Wildman–Crippen LogP) is 0.703. The Balaban J connectivity index is 2.11. The van der Waals surface area contributed by atoms with E-state index in [0.717, 1.165) is 5.52 Å². The van der Waals surface area contributed by atoms with Crippen molar-refractivity contribution in [1.82, 2.24) is 9.78 Å². The van der Waals surface area contributed by atoms with Crippen molar-refractivity contribution < 1.29 is 19.9 Å². The Morgan fingerprint density at radius 1 is 1.52 bits per heavy atom. The molecule has 2 aromatic rings. The van der Waals surface area contributed by atoms with Gasteiger partial charge in [-0.1, -0.05) is 0 Å². The van der Waals surface area contributed by atoms with Crippen molar-refractivity contribution in [3.8, 4) is 0 Å². The van der Waals surface area contributed by atoms with Gasteiger partial charge in [-0.05, 0) is 12.5 Å². The van der Waals surface area contributed by atoms with Crippen LogP contribution in [-0.2, 0) is 11.3 Å². The van der Waals surface area contributed by atoms with Crippen LogP contribution in [0.5, 0.6) is 0 Å². The van der Waals surface area contributed by atoms with E-state index in [1.807, 2.05) is 0 Å². The SMILES string of the molecule is COC(CO)[C@H](O)CCn1ncc2cc([N+](=O)[O-])ccc21. The maximum atomic E-state index is 10.7. The predicted molar refractivity (Wildman–Crippen MR) is 74.9 cm³/mol. The van der Waals surface area contributed by atoms with Crippen LogP contribution >= 0.6 is 0 Å². The second-order valence-corrected chi connectivity index (χ2v) is 4.68. The lowest BCUT2D eigenvalue weighted by Gasteiger charge is -2.19. The molecule has 1 heterocycles. The average molecular weight is 295 g/mol. The number of hydrogen-bond acceptors (Lipinski definition) is 6. The first-order valence-corrected chi connectivity index (χ1v) is 6.48. The first kappa shape index (κ1) is 15.4. The molecule has 1 aromatic heterocycles. The van der Waals surface area contributed by atoms with Crippen molar-refractivity contribution in [3.63, 3.8) is 0 Å². The summed E-state index contributed by atoms with van der Waals surface area (Å²) in [6.45, 7) is 0.159.